The van der Waals surface area contributed by atoms with E-state index in [1.807, 2.05) is 6.92 Å². The van der Waals surface area contributed by atoms with Gasteiger partial charge in [0.15, 0.2) is 0 Å². The lowest BCUT2D eigenvalue weighted by molar-refractivity contribution is -0.137. The van der Waals surface area contributed by atoms with E-state index >= 15 is 0 Å². The van der Waals surface area contributed by atoms with Crippen LogP contribution in [0.1, 0.15) is 42.6 Å². The van der Waals surface area contributed by atoms with Gasteiger partial charge >= 0.3 is 6.18 Å². The van der Waals surface area contributed by atoms with Gasteiger partial charge in [-0.2, -0.15) is 13.2 Å². The number of ether oxygens (including phenoxy) is 1. The molecule has 0 spiro atoms. The van der Waals surface area contributed by atoms with Crippen molar-refractivity contribution in [2.75, 3.05) is 36.2 Å². The summed E-state index contributed by atoms with van der Waals surface area (Å²) in [5.41, 5.74) is 1.33. The average molecular weight is 407 g/mol. The van der Waals surface area contributed by atoms with Gasteiger partial charge in [-0.3, -0.25) is 0 Å². The number of alkyl halides is 3. The molecule has 4 rings (SSSR count). The second-order valence-electron chi connectivity index (χ2n) is 7.43. The van der Waals surface area contributed by atoms with Crippen molar-refractivity contribution < 1.29 is 17.9 Å². The number of hydrogen-bond donors (Lipinski definition) is 1. The number of nitrogens with zero attached hydrogens (tertiary/aromatic N) is 4. The molecule has 1 aromatic heterocycles. The van der Waals surface area contributed by atoms with Crippen molar-refractivity contribution >= 4 is 11.4 Å². The Kier molecular flexibility index (Phi) is 5.35. The van der Waals surface area contributed by atoms with E-state index in [0.717, 1.165) is 31.3 Å². The maximum atomic E-state index is 13.3. The molecule has 2 N–H and O–H groups in total. The molecule has 1 saturated heterocycles. The van der Waals surface area contributed by atoms with Crippen LogP contribution in [-0.2, 0) is 10.9 Å². The third-order valence-electron chi connectivity index (χ3n) is 5.73. The Hall–Kier alpha value is -2.39. The summed E-state index contributed by atoms with van der Waals surface area (Å²) < 4.78 is 45.2. The van der Waals surface area contributed by atoms with E-state index in [2.05, 4.69) is 14.9 Å². The molecule has 2 aliphatic rings. The fourth-order valence-electron chi connectivity index (χ4n) is 4.06. The Morgan fingerprint density at radius 1 is 1.17 bits per heavy atom. The second kappa shape index (κ2) is 7.79. The summed E-state index contributed by atoms with van der Waals surface area (Å²) >= 11 is 0. The van der Waals surface area contributed by atoms with Gasteiger partial charge in [0.1, 0.15) is 5.82 Å². The lowest BCUT2D eigenvalue weighted by Gasteiger charge is -2.39. The topological polar surface area (TPSA) is 67.5 Å². The van der Waals surface area contributed by atoms with Crippen LogP contribution < -0.4 is 15.8 Å². The lowest BCUT2D eigenvalue weighted by Crippen LogP contribution is -2.45. The molecule has 2 aromatic rings. The van der Waals surface area contributed by atoms with E-state index in [-0.39, 0.29) is 12.0 Å². The Balaban J connectivity index is 1.70. The maximum Gasteiger partial charge on any atom is 0.416 e. The summed E-state index contributed by atoms with van der Waals surface area (Å²) in [6, 6.07) is 3.72. The van der Waals surface area contributed by atoms with Crippen molar-refractivity contribution in [2.45, 2.75) is 37.9 Å². The highest BCUT2D eigenvalue weighted by Gasteiger charge is 2.37. The molecule has 29 heavy (non-hydrogen) atoms. The van der Waals surface area contributed by atoms with Crippen LogP contribution in [0.5, 0.6) is 0 Å². The fraction of sp³-hybridized carbons (Fsp3) is 0.500. The monoisotopic (exact) mass is 407 g/mol. The molecule has 1 aromatic carbocycles. The van der Waals surface area contributed by atoms with Crippen LogP contribution in [0.3, 0.4) is 0 Å². The minimum absolute atomic E-state index is 0.00626. The first-order valence-corrected chi connectivity index (χ1v) is 9.78. The van der Waals surface area contributed by atoms with E-state index in [9.17, 15) is 13.2 Å². The van der Waals surface area contributed by atoms with Gasteiger partial charge in [-0.05, 0) is 36.6 Å². The van der Waals surface area contributed by atoms with Crippen molar-refractivity contribution in [1.82, 2.24) is 9.97 Å². The molecule has 9 heteroatoms. The van der Waals surface area contributed by atoms with Crippen molar-refractivity contribution in [3.8, 4) is 0 Å². The normalized spacial score (nSPS) is 22.5. The first-order valence-electron chi connectivity index (χ1n) is 9.78. The minimum Gasteiger partial charge on any atom is -0.378 e. The smallest absolute Gasteiger partial charge is 0.378 e. The first-order chi connectivity index (χ1) is 13.9. The maximum absolute atomic E-state index is 13.3. The largest absolute Gasteiger partial charge is 0.416 e. The zero-order chi connectivity index (χ0) is 20.6. The summed E-state index contributed by atoms with van der Waals surface area (Å²) in [7, 11) is 0. The van der Waals surface area contributed by atoms with Crippen molar-refractivity contribution in [3.63, 3.8) is 0 Å². The van der Waals surface area contributed by atoms with E-state index in [4.69, 9.17) is 10.6 Å². The van der Waals surface area contributed by atoms with E-state index < -0.39 is 11.7 Å². The van der Waals surface area contributed by atoms with Gasteiger partial charge in [-0.15, -0.1) is 0 Å². The molecule has 0 aliphatic carbocycles. The first kappa shape index (κ1) is 19.9. The summed E-state index contributed by atoms with van der Waals surface area (Å²) in [5.74, 6) is 6.40. The molecule has 2 atom stereocenters. The van der Waals surface area contributed by atoms with Crippen molar-refractivity contribution in [1.29, 1.82) is 0 Å². The third kappa shape index (κ3) is 3.89. The lowest BCUT2D eigenvalue weighted by atomic mass is 9.84. The number of hydrazine groups is 1. The van der Waals surface area contributed by atoms with Gasteiger partial charge < -0.3 is 14.6 Å². The highest BCUT2D eigenvalue weighted by Crippen LogP contribution is 2.43. The van der Waals surface area contributed by atoms with E-state index in [1.54, 1.807) is 17.4 Å². The molecule has 0 unspecified atom stereocenters. The van der Waals surface area contributed by atoms with Crippen LogP contribution >= 0.6 is 0 Å². The van der Waals surface area contributed by atoms with Crippen LogP contribution in [0.2, 0.25) is 0 Å². The molecule has 0 radical (unpaired) electrons. The Labute approximate surface area is 167 Å². The number of aromatic nitrogens is 2. The number of benzene rings is 1. The van der Waals surface area contributed by atoms with Gasteiger partial charge in [-0.1, -0.05) is 6.92 Å². The van der Waals surface area contributed by atoms with Gasteiger partial charge in [0.05, 0.1) is 42.5 Å². The highest BCUT2D eigenvalue weighted by molar-refractivity contribution is 5.60. The SMILES string of the molecule is CC[C@@H]1C[C@H](c2ncc(N3CCOCC3)cn2)c2cc(C(F)(F)F)ccc2N1N. The number of rotatable bonds is 3. The quantitative estimate of drug-likeness (QED) is 0.788. The number of anilines is 2. The van der Waals surface area contributed by atoms with Crippen LogP contribution in [0, 0.1) is 0 Å². The zero-order valence-electron chi connectivity index (χ0n) is 16.2. The third-order valence-corrected chi connectivity index (χ3v) is 5.73. The summed E-state index contributed by atoms with van der Waals surface area (Å²) in [6.07, 6.45) is 0.423. The van der Waals surface area contributed by atoms with Crippen LogP contribution in [0.15, 0.2) is 30.6 Å². The predicted molar refractivity (Wildman–Crippen MR) is 104 cm³/mol. The van der Waals surface area contributed by atoms with Crippen LogP contribution in [0.4, 0.5) is 24.5 Å². The molecular formula is C20H24F3N5O. The molecule has 2 aliphatic heterocycles. The Morgan fingerprint density at radius 2 is 1.86 bits per heavy atom. The number of fused-ring (bicyclic) bond motifs is 1. The standard InChI is InChI=1S/C20H24F3N5O/c1-2-14-10-17(16-9-13(20(21,22)23)3-4-18(16)28(14)24)19-25-11-15(12-26-19)27-5-7-29-8-6-27/h3-4,9,11-12,14,17H,2,5-8,10,24H2,1H3/t14-,17+/m1/s1. The zero-order valence-corrected chi connectivity index (χ0v) is 16.2. The van der Waals surface area contributed by atoms with Gasteiger partial charge in [-0.25, -0.2) is 15.8 Å². The fourth-order valence-corrected chi connectivity index (χ4v) is 4.06. The highest BCUT2D eigenvalue weighted by atomic mass is 19.4. The average Bonchev–Trinajstić information content (AvgIpc) is 2.74. The van der Waals surface area contributed by atoms with E-state index in [0.29, 0.717) is 36.7 Å². The van der Waals surface area contributed by atoms with Crippen LogP contribution in [-0.4, -0.2) is 42.3 Å². The number of nitrogens with two attached hydrogens (primary N) is 1. The summed E-state index contributed by atoms with van der Waals surface area (Å²) in [5, 5.41) is 1.58. The van der Waals surface area contributed by atoms with E-state index in [1.165, 1.54) is 12.1 Å². The number of morpholine rings is 1. The molecule has 156 valence electrons. The van der Waals surface area contributed by atoms with Crippen LogP contribution in [0.25, 0.3) is 0 Å². The molecule has 1 fully saturated rings. The molecule has 0 bridgehead atoms. The summed E-state index contributed by atoms with van der Waals surface area (Å²) in [6.45, 7) is 4.86. The number of halogens is 3. The molecule has 0 saturated carbocycles. The molecule has 6 nitrogen and oxygen atoms in total. The number of hydrogen-bond acceptors (Lipinski definition) is 6. The van der Waals surface area contributed by atoms with Gasteiger partial charge in [0.2, 0.25) is 0 Å². The predicted octanol–water partition coefficient (Wildman–Crippen LogP) is 3.33. The molecule has 3 heterocycles. The second-order valence-corrected chi connectivity index (χ2v) is 7.43. The minimum atomic E-state index is -4.42. The van der Waals surface area contributed by atoms with Gasteiger partial charge in [0, 0.05) is 25.0 Å². The molecular weight excluding hydrogens is 383 g/mol. The van der Waals surface area contributed by atoms with Crippen molar-refractivity contribution in [2.24, 2.45) is 5.84 Å². The van der Waals surface area contributed by atoms with Gasteiger partial charge in [0.25, 0.3) is 0 Å². The Bertz CT molecular complexity index is 852. The Morgan fingerprint density at radius 3 is 2.48 bits per heavy atom. The summed E-state index contributed by atoms with van der Waals surface area (Å²) in [4.78, 5) is 11.2. The van der Waals surface area contributed by atoms with Crippen molar-refractivity contribution in [3.05, 3.63) is 47.5 Å². The molecule has 0 amide bonds.